The summed E-state index contributed by atoms with van der Waals surface area (Å²) >= 11 is 1.41. The van der Waals surface area contributed by atoms with Gasteiger partial charge in [0, 0.05) is 31.1 Å². The smallest absolute Gasteiger partial charge is 0.262 e. The molecule has 7 nitrogen and oxygen atoms in total. The normalized spacial score (nSPS) is 11.5. The third kappa shape index (κ3) is 4.28. The van der Waals surface area contributed by atoms with E-state index in [0.29, 0.717) is 54.0 Å². The van der Waals surface area contributed by atoms with E-state index in [9.17, 15) is 9.18 Å². The number of aromatic nitrogens is 4. The summed E-state index contributed by atoms with van der Waals surface area (Å²) in [6.07, 6.45) is 0.692. The van der Waals surface area contributed by atoms with Crippen molar-refractivity contribution >= 4 is 28.4 Å². The van der Waals surface area contributed by atoms with Gasteiger partial charge >= 0.3 is 0 Å². The molecule has 0 N–H and O–H groups in total. The number of halogens is 1. The van der Waals surface area contributed by atoms with Crippen LogP contribution in [0.15, 0.2) is 52.4 Å². The second kappa shape index (κ2) is 9.49. The minimum Gasteiger partial charge on any atom is -0.496 e. The van der Waals surface area contributed by atoms with Crippen molar-refractivity contribution < 1.29 is 13.9 Å². The van der Waals surface area contributed by atoms with Crippen molar-refractivity contribution in [3.05, 3.63) is 64.2 Å². The van der Waals surface area contributed by atoms with Crippen LogP contribution in [0.25, 0.3) is 16.7 Å². The molecule has 0 aliphatic heterocycles. The molecule has 0 radical (unpaired) electrons. The maximum Gasteiger partial charge on any atom is 0.262 e. The van der Waals surface area contributed by atoms with Crippen molar-refractivity contribution in [3.8, 4) is 5.75 Å². The lowest BCUT2D eigenvalue weighted by Crippen LogP contribution is -2.24. The maximum atomic E-state index is 13.7. The lowest BCUT2D eigenvalue weighted by atomic mass is 10.2. The van der Waals surface area contributed by atoms with Gasteiger partial charge in [-0.05, 0) is 43.7 Å². The molecule has 31 heavy (non-hydrogen) atoms. The first-order valence-electron chi connectivity index (χ1n) is 10.0. The number of hydrogen-bond donors (Lipinski definition) is 0. The van der Waals surface area contributed by atoms with Crippen LogP contribution in [0.3, 0.4) is 0 Å². The van der Waals surface area contributed by atoms with Gasteiger partial charge < -0.3 is 9.47 Å². The Morgan fingerprint density at radius 2 is 2.00 bits per heavy atom. The largest absolute Gasteiger partial charge is 0.496 e. The second-order valence-corrected chi connectivity index (χ2v) is 7.83. The monoisotopic (exact) mass is 442 g/mol. The Balaban J connectivity index is 1.75. The van der Waals surface area contributed by atoms with Crippen LogP contribution in [0, 0.1) is 5.82 Å². The highest BCUT2D eigenvalue weighted by molar-refractivity contribution is 7.98. The molecule has 0 unspecified atom stereocenters. The number of para-hydroxylation sites is 1. The van der Waals surface area contributed by atoms with Crippen molar-refractivity contribution in [1.29, 1.82) is 0 Å². The van der Waals surface area contributed by atoms with E-state index in [4.69, 9.17) is 9.47 Å². The number of aryl methyl sites for hydroxylation is 1. The van der Waals surface area contributed by atoms with Crippen LogP contribution < -0.4 is 10.3 Å². The highest BCUT2D eigenvalue weighted by Crippen LogP contribution is 2.29. The molecule has 2 aromatic carbocycles. The minimum absolute atomic E-state index is 0.102. The fraction of sp³-hybridized carbons (Fsp3) is 0.318. The zero-order valence-electron chi connectivity index (χ0n) is 17.4. The first-order valence-corrected chi connectivity index (χ1v) is 11.0. The second-order valence-electron chi connectivity index (χ2n) is 6.89. The fourth-order valence-corrected chi connectivity index (χ4v) is 4.42. The predicted octanol–water partition coefficient (Wildman–Crippen LogP) is 3.91. The minimum atomic E-state index is -0.323. The Morgan fingerprint density at radius 3 is 2.81 bits per heavy atom. The van der Waals surface area contributed by atoms with Crippen LogP contribution in [-0.4, -0.2) is 39.5 Å². The summed E-state index contributed by atoms with van der Waals surface area (Å²) in [5.41, 5.74) is 1.36. The molecular formula is C22H23FN4O3S. The molecular weight excluding hydrogens is 419 g/mol. The first kappa shape index (κ1) is 21.3. The van der Waals surface area contributed by atoms with Gasteiger partial charge in [0.1, 0.15) is 11.6 Å². The molecule has 2 heterocycles. The summed E-state index contributed by atoms with van der Waals surface area (Å²) in [7, 11) is 1.56. The number of thioether (sulfide) groups is 1. The number of rotatable bonds is 9. The fourth-order valence-electron chi connectivity index (χ4n) is 3.50. The van der Waals surface area contributed by atoms with Gasteiger partial charge in [-0.2, -0.15) is 0 Å². The van der Waals surface area contributed by atoms with E-state index in [1.54, 1.807) is 23.8 Å². The molecule has 0 aliphatic carbocycles. The van der Waals surface area contributed by atoms with E-state index in [-0.39, 0.29) is 11.4 Å². The molecule has 0 aliphatic rings. The van der Waals surface area contributed by atoms with Crippen LogP contribution in [0.1, 0.15) is 18.9 Å². The summed E-state index contributed by atoms with van der Waals surface area (Å²) in [5.74, 6) is 1.21. The van der Waals surface area contributed by atoms with E-state index in [1.165, 1.54) is 23.9 Å². The molecule has 4 aromatic rings. The predicted molar refractivity (Wildman–Crippen MR) is 118 cm³/mol. The summed E-state index contributed by atoms with van der Waals surface area (Å²) in [6, 6.07) is 11.8. The van der Waals surface area contributed by atoms with Gasteiger partial charge in [0.15, 0.2) is 5.16 Å². The van der Waals surface area contributed by atoms with Crippen molar-refractivity contribution in [2.45, 2.75) is 30.8 Å². The van der Waals surface area contributed by atoms with E-state index in [2.05, 4.69) is 10.2 Å². The van der Waals surface area contributed by atoms with Crippen molar-refractivity contribution in [2.24, 2.45) is 0 Å². The molecule has 0 saturated carbocycles. The van der Waals surface area contributed by atoms with Crippen LogP contribution >= 0.6 is 11.8 Å². The molecule has 162 valence electrons. The molecule has 0 atom stereocenters. The Labute approximate surface area is 182 Å². The van der Waals surface area contributed by atoms with Crippen molar-refractivity contribution in [2.75, 3.05) is 20.3 Å². The number of nitrogens with zero attached hydrogens (tertiary/aromatic N) is 4. The van der Waals surface area contributed by atoms with Gasteiger partial charge in [0.2, 0.25) is 5.78 Å². The van der Waals surface area contributed by atoms with E-state index >= 15 is 0 Å². The van der Waals surface area contributed by atoms with E-state index in [0.717, 1.165) is 11.1 Å². The molecule has 4 rings (SSSR count). The van der Waals surface area contributed by atoms with Crippen LogP contribution in [-0.2, 0) is 17.0 Å². The molecule has 0 spiro atoms. The first-order chi connectivity index (χ1) is 15.1. The number of fused-ring (bicyclic) bond motifs is 3. The highest BCUT2D eigenvalue weighted by Gasteiger charge is 2.17. The standard InChI is InChI=1S/C22H23FN4O3S/c1-3-30-12-6-11-26-20(28)17-7-4-5-8-18(17)27-21(26)24-25-22(27)31-14-15-13-16(23)9-10-19(15)29-2/h4-5,7-10,13H,3,6,11-12,14H2,1-2H3. The van der Waals surface area contributed by atoms with Crippen LogP contribution in [0.4, 0.5) is 4.39 Å². The van der Waals surface area contributed by atoms with Crippen molar-refractivity contribution in [1.82, 2.24) is 19.2 Å². The van der Waals surface area contributed by atoms with Gasteiger partial charge in [0.25, 0.3) is 5.56 Å². The molecule has 0 fully saturated rings. The third-order valence-electron chi connectivity index (χ3n) is 4.95. The molecule has 0 bridgehead atoms. The number of ether oxygens (including phenoxy) is 2. The van der Waals surface area contributed by atoms with Gasteiger partial charge in [-0.25, -0.2) is 4.39 Å². The van der Waals surface area contributed by atoms with Gasteiger partial charge in [-0.3, -0.25) is 13.8 Å². The van der Waals surface area contributed by atoms with E-state index < -0.39 is 0 Å². The molecule has 0 saturated heterocycles. The topological polar surface area (TPSA) is 70.7 Å². The van der Waals surface area contributed by atoms with Gasteiger partial charge in [-0.15, -0.1) is 10.2 Å². The zero-order chi connectivity index (χ0) is 21.8. The quantitative estimate of drug-likeness (QED) is 0.289. The summed E-state index contributed by atoms with van der Waals surface area (Å²) in [6.45, 7) is 3.62. The number of hydrogen-bond acceptors (Lipinski definition) is 6. The van der Waals surface area contributed by atoms with Gasteiger partial charge in [-0.1, -0.05) is 23.9 Å². The average Bonchev–Trinajstić information content (AvgIpc) is 3.21. The summed E-state index contributed by atoms with van der Waals surface area (Å²) in [5, 5.41) is 9.86. The summed E-state index contributed by atoms with van der Waals surface area (Å²) < 4.78 is 28.0. The molecule has 0 amide bonds. The summed E-state index contributed by atoms with van der Waals surface area (Å²) in [4.78, 5) is 13.1. The van der Waals surface area contributed by atoms with Crippen LogP contribution in [0.5, 0.6) is 5.75 Å². The number of methoxy groups -OCH3 is 1. The van der Waals surface area contributed by atoms with Crippen LogP contribution in [0.2, 0.25) is 0 Å². The Bertz CT molecular complexity index is 1270. The Morgan fingerprint density at radius 1 is 1.16 bits per heavy atom. The SMILES string of the molecule is CCOCCCn1c(=O)c2ccccc2n2c(SCc3cc(F)ccc3OC)nnc12. The lowest BCUT2D eigenvalue weighted by molar-refractivity contribution is 0.141. The molecule has 2 aromatic heterocycles. The Kier molecular flexibility index (Phi) is 6.53. The average molecular weight is 443 g/mol. The lowest BCUT2D eigenvalue weighted by Gasteiger charge is -2.12. The van der Waals surface area contributed by atoms with Crippen molar-refractivity contribution in [3.63, 3.8) is 0 Å². The zero-order valence-corrected chi connectivity index (χ0v) is 18.2. The Hall–Kier alpha value is -2.91. The molecule has 9 heteroatoms. The number of benzene rings is 2. The van der Waals surface area contributed by atoms with Gasteiger partial charge in [0.05, 0.1) is 18.0 Å². The maximum absolute atomic E-state index is 13.7. The highest BCUT2D eigenvalue weighted by atomic mass is 32.2. The third-order valence-corrected chi connectivity index (χ3v) is 5.93. The van der Waals surface area contributed by atoms with E-state index in [1.807, 2.05) is 29.5 Å².